The average Bonchev–Trinajstić information content (AvgIpc) is 2.47. The number of carbonyl (C=O) groups is 1. The van der Waals surface area contributed by atoms with Gasteiger partial charge in [0.1, 0.15) is 5.82 Å². The van der Waals surface area contributed by atoms with Crippen molar-refractivity contribution >= 4 is 5.78 Å². The minimum absolute atomic E-state index is 0.0829. The van der Waals surface area contributed by atoms with Crippen molar-refractivity contribution in [1.82, 2.24) is 0 Å². The second-order valence-electron chi connectivity index (χ2n) is 5.62. The Bertz CT molecular complexity index is 612. The predicted octanol–water partition coefficient (Wildman–Crippen LogP) is 4.74. The molecule has 0 heterocycles. The van der Waals surface area contributed by atoms with E-state index in [9.17, 15) is 9.18 Å². The van der Waals surface area contributed by atoms with Crippen LogP contribution in [0.4, 0.5) is 4.39 Å². The first-order valence-corrected chi connectivity index (χ1v) is 6.85. The molecule has 2 heteroatoms. The number of hydrogen-bond acceptors (Lipinski definition) is 1. The highest BCUT2D eigenvalue weighted by Crippen LogP contribution is 2.27. The molecule has 2 aromatic rings. The lowest BCUT2D eigenvalue weighted by Crippen LogP contribution is -2.15. The first-order valence-electron chi connectivity index (χ1n) is 6.85. The topological polar surface area (TPSA) is 17.1 Å². The van der Waals surface area contributed by atoms with Crippen LogP contribution in [-0.2, 0) is 5.41 Å². The summed E-state index contributed by atoms with van der Waals surface area (Å²) in [7, 11) is 0. The minimum atomic E-state index is -0.476. The van der Waals surface area contributed by atoms with E-state index in [1.54, 1.807) is 24.3 Å². The molecule has 1 nitrogen and oxygen atoms in total. The highest BCUT2D eigenvalue weighted by Gasteiger charge is 2.19. The third kappa shape index (κ3) is 2.79. The molecule has 0 aliphatic heterocycles. The number of carbonyl (C=O) groups excluding carboxylic acids is 1. The van der Waals surface area contributed by atoms with E-state index in [-0.39, 0.29) is 16.8 Å². The molecular formula is C18H19FO. The van der Waals surface area contributed by atoms with Crippen LogP contribution in [0.15, 0.2) is 48.5 Å². The van der Waals surface area contributed by atoms with Crippen molar-refractivity contribution in [3.8, 4) is 0 Å². The molecule has 0 fully saturated rings. The summed E-state index contributed by atoms with van der Waals surface area (Å²) in [4.78, 5) is 12.3. The van der Waals surface area contributed by atoms with Crippen LogP contribution in [-0.4, -0.2) is 5.78 Å². The van der Waals surface area contributed by atoms with Crippen LogP contribution in [0.3, 0.4) is 0 Å². The van der Waals surface area contributed by atoms with Crippen LogP contribution in [0.1, 0.15) is 48.7 Å². The molecule has 0 N–H and O–H groups in total. The molecule has 0 unspecified atom stereocenters. The molecule has 2 aromatic carbocycles. The number of rotatable bonds is 4. The Morgan fingerprint density at radius 3 is 2.20 bits per heavy atom. The quantitative estimate of drug-likeness (QED) is 0.733. The van der Waals surface area contributed by atoms with E-state index in [0.717, 1.165) is 6.42 Å². The van der Waals surface area contributed by atoms with Crippen LogP contribution < -0.4 is 0 Å². The Labute approximate surface area is 119 Å². The number of halogens is 1. The van der Waals surface area contributed by atoms with Gasteiger partial charge in [-0.1, -0.05) is 57.2 Å². The zero-order chi connectivity index (χ0) is 14.8. The molecular weight excluding hydrogens is 251 g/mol. The SMILES string of the molecule is CCC(C)(C)c1ccc(C(=O)c2ccccc2F)cc1. The van der Waals surface area contributed by atoms with Crippen molar-refractivity contribution in [1.29, 1.82) is 0 Å². The summed E-state index contributed by atoms with van der Waals surface area (Å²) in [5.74, 6) is -0.751. The molecule has 0 atom stereocenters. The highest BCUT2D eigenvalue weighted by atomic mass is 19.1. The van der Waals surface area contributed by atoms with Crippen molar-refractivity contribution in [3.63, 3.8) is 0 Å². The monoisotopic (exact) mass is 270 g/mol. The summed E-state index contributed by atoms with van der Waals surface area (Å²) >= 11 is 0. The van der Waals surface area contributed by atoms with Crippen molar-refractivity contribution in [3.05, 3.63) is 71.0 Å². The molecule has 0 radical (unpaired) electrons. The van der Waals surface area contributed by atoms with Gasteiger partial charge in [0.2, 0.25) is 0 Å². The van der Waals surface area contributed by atoms with Gasteiger partial charge in [0.25, 0.3) is 0 Å². The van der Waals surface area contributed by atoms with E-state index in [0.29, 0.717) is 5.56 Å². The first-order chi connectivity index (χ1) is 9.45. The summed E-state index contributed by atoms with van der Waals surface area (Å²) in [6.45, 7) is 6.47. The Balaban J connectivity index is 2.32. The average molecular weight is 270 g/mol. The third-order valence-corrected chi connectivity index (χ3v) is 3.93. The van der Waals surface area contributed by atoms with Gasteiger partial charge in [0.05, 0.1) is 5.56 Å². The maximum atomic E-state index is 13.6. The van der Waals surface area contributed by atoms with Crippen molar-refractivity contribution < 1.29 is 9.18 Å². The molecule has 2 rings (SSSR count). The van der Waals surface area contributed by atoms with Gasteiger partial charge in [-0.15, -0.1) is 0 Å². The summed E-state index contributed by atoms with van der Waals surface area (Å²) in [5, 5.41) is 0. The normalized spacial score (nSPS) is 11.4. The van der Waals surface area contributed by atoms with Gasteiger partial charge in [-0.25, -0.2) is 4.39 Å². The lowest BCUT2D eigenvalue weighted by atomic mass is 9.82. The molecule has 0 saturated carbocycles. The fourth-order valence-corrected chi connectivity index (χ4v) is 2.08. The van der Waals surface area contributed by atoms with Crippen LogP contribution in [0.25, 0.3) is 0 Å². The zero-order valence-corrected chi connectivity index (χ0v) is 12.1. The van der Waals surface area contributed by atoms with E-state index in [1.807, 2.05) is 12.1 Å². The summed E-state index contributed by atoms with van der Waals surface area (Å²) in [5.41, 5.74) is 1.91. The van der Waals surface area contributed by atoms with E-state index < -0.39 is 5.82 Å². The Morgan fingerprint density at radius 2 is 1.65 bits per heavy atom. The van der Waals surface area contributed by atoms with Crippen molar-refractivity contribution in [2.75, 3.05) is 0 Å². The van der Waals surface area contributed by atoms with E-state index in [2.05, 4.69) is 20.8 Å². The van der Waals surface area contributed by atoms with Crippen LogP contribution in [0.2, 0.25) is 0 Å². The Morgan fingerprint density at radius 1 is 1.05 bits per heavy atom. The van der Waals surface area contributed by atoms with Crippen LogP contribution >= 0.6 is 0 Å². The smallest absolute Gasteiger partial charge is 0.195 e. The maximum absolute atomic E-state index is 13.6. The van der Waals surface area contributed by atoms with Crippen LogP contribution in [0.5, 0.6) is 0 Å². The molecule has 104 valence electrons. The number of hydrogen-bond donors (Lipinski definition) is 0. The summed E-state index contributed by atoms with van der Waals surface area (Å²) in [6, 6.07) is 13.5. The maximum Gasteiger partial charge on any atom is 0.195 e. The molecule has 0 aliphatic carbocycles. The first kappa shape index (κ1) is 14.4. The molecule has 0 spiro atoms. The molecule has 0 bridgehead atoms. The van der Waals surface area contributed by atoms with Gasteiger partial charge >= 0.3 is 0 Å². The van der Waals surface area contributed by atoms with Gasteiger partial charge in [-0.2, -0.15) is 0 Å². The lowest BCUT2D eigenvalue weighted by molar-refractivity contribution is 0.103. The van der Waals surface area contributed by atoms with Gasteiger partial charge in [0, 0.05) is 5.56 Å². The van der Waals surface area contributed by atoms with E-state index in [4.69, 9.17) is 0 Å². The summed E-state index contributed by atoms with van der Waals surface area (Å²) in [6.07, 6.45) is 1.02. The van der Waals surface area contributed by atoms with Gasteiger partial charge < -0.3 is 0 Å². The summed E-state index contributed by atoms with van der Waals surface area (Å²) < 4.78 is 13.6. The molecule has 0 aliphatic rings. The van der Waals surface area contributed by atoms with Gasteiger partial charge in [-0.3, -0.25) is 4.79 Å². The lowest BCUT2D eigenvalue weighted by Gasteiger charge is -2.23. The fraction of sp³-hybridized carbons (Fsp3) is 0.278. The molecule has 0 saturated heterocycles. The standard InChI is InChI=1S/C18H19FO/c1-4-18(2,3)14-11-9-13(10-12-14)17(20)15-7-5-6-8-16(15)19/h5-12H,4H2,1-3H3. The second-order valence-corrected chi connectivity index (χ2v) is 5.62. The molecule has 0 amide bonds. The predicted molar refractivity (Wildman–Crippen MR) is 79.6 cm³/mol. The Kier molecular flexibility index (Phi) is 4.03. The zero-order valence-electron chi connectivity index (χ0n) is 12.1. The van der Waals surface area contributed by atoms with Crippen molar-refractivity contribution in [2.45, 2.75) is 32.6 Å². The van der Waals surface area contributed by atoms with Crippen molar-refractivity contribution in [2.24, 2.45) is 0 Å². The molecule has 0 aromatic heterocycles. The number of ketones is 1. The van der Waals surface area contributed by atoms with Crippen LogP contribution in [0, 0.1) is 5.82 Å². The minimum Gasteiger partial charge on any atom is -0.288 e. The fourth-order valence-electron chi connectivity index (χ4n) is 2.08. The van der Waals surface area contributed by atoms with Gasteiger partial charge in [-0.05, 0) is 29.5 Å². The third-order valence-electron chi connectivity index (χ3n) is 3.93. The Hall–Kier alpha value is -1.96. The van der Waals surface area contributed by atoms with E-state index >= 15 is 0 Å². The van der Waals surface area contributed by atoms with E-state index in [1.165, 1.54) is 17.7 Å². The largest absolute Gasteiger partial charge is 0.288 e. The number of benzene rings is 2. The highest BCUT2D eigenvalue weighted by molar-refractivity contribution is 6.09. The molecule has 20 heavy (non-hydrogen) atoms. The second kappa shape index (κ2) is 5.58. The van der Waals surface area contributed by atoms with Gasteiger partial charge in [0.15, 0.2) is 5.78 Å².